The maximum atomic E-state index is 13.1. The van der Waals surface area contributed by atoms with Crippen LogP contribution in [0, 0.1) is 0 Å². The van der Waals surface area contributed by atoms with Gasteiger partial charge in [0.2, 0.25) is 9.84 Å². The molecule has 0 aromatic heterocycles. The summed E-state index contributed by atoms with van der Waals surface area (Å²) in [6.45, 7) is 4.50. The second kappa shape index (κ2) is 5.89. The fourth-order valence-electron chi connectivity index (χ4n) is 4.04. The average molecular weight is 403 g/mol. The largest absolute Gasteiger partial charge is 0.219 e. The van der Waals surface area contributed by atoms with Crippen molar-refractivity contribution in [3.05, 3.63) is 71.9 Å². The molecule has 0 unspecified atom stereocenters. The van der Waals surface area contributed by atoms with Crippen LogP contribution in [-0.2, 0) is 9.84 Å². The van der Waals surface area contributed by atoms with Crippen LogP contribution in [0.25, 0.3) is 17.2 Å². The molecule has 0 atom stereocenters. The number of rotatable bonds is 1. The Labute approximate surface area is 163 Å². The van der Waals surface area contributed by atoms with E-state index in [4.69, 9.17) is 0 Å². The quantitative estimate of drug-likeness (QED) is 0.587. The summed E-state index contributed by atoms with van der Waals surface area (Å²) in [6.07, 6.45) is 2.22. The van der Waals surface area contributed by atoms with Gasteiger partial charge in [0.1, 0.15) is 17.6 Å². The molecule has 0 saturated heterocycles. The molecule has 2 nitrogen and oxygen atoms in total. The standard InChI is InChI=1S/C22H18O2SSi2/c1-26-12-11-15-7-8-16(13-21(15)26)17-9-10-19-22(14-17)27(2)20-6-4-3-5-18(20)25(19,23)24/h3-14H,1-2H3. The van der Waals surface area contributed by atoms with Crippen molar-refractivity contribution in [3.8, 4) is 11.1 Å². The molecule has 2 radical (unpaired) electrons. The smallest absolute Gasteiger partial charge is 0.206 e. The molecule has 2 heterocycles. The molecule has 3 aromatic rings. The van der Waals surface area contributed by atoms with Gasteiger partial charge in [0.15, 0.2) is 0 Å². The van der Waals surface area contributed by atoms with Crippen molar-refractivity contribution < 1.29 is 8.42 Å². The van der Waals surface area contributed by atoms with Gasteiger partial charge in [-0.2, -0.15) is 0 Å². The highest BCUT2D eigenvalue weighted by Gasteiger charge is 2.34. The van der Waals surface area contributed by atoms with Crippen molar-refractivity contribution in [2.75, 3.05) is 0 Å². The summed E-state index contributed by atoms with van der Waals surface area (Å²) in [4.78, 5) is 0.980. The van der Waals surface area contributed by atoms with Crippen LogP contribution in [-0.4, -0.2) is 26.0 Å². The first-order chi connectivity index (χ1) is 13.0. The Hall–Kier alpha value is -2.22. The molecule has 5 heteroatoms. The maximum Gasteiger partial charge on any atom is 0.206 e. The number of sulfone groups is 1. The van der Waals surface area contributed by atoms with Gasteiger partial charge < -0.3 is 0 Å². The van der Waals surface area contributed by atoms with Crippen LogP contribution in [0.3, 0.4) is 0 Å². The fraction of sp³-hybridized carbons (Fsp3) is 0.0909. The van der Waals surface area contributed by atoms with Crippen LogP contribution in [0.2, 0.25) is 13.1 Å². The third-order valence-corrected chi connectivity index (χ3v) is 12.2. The van der Waals surface area contributed by atoms with Crippen LogP contribution in [0.5, 0.6) is 0 Å². The van der Waals surface area contributed by atoms with E-state index in [1.807, 2.05) is 30.3 Å². The summed E-state index contributed by atoms with van der Waals surface area (Å²) in [7, 11) is -5.14. The van der Waals surface area contributed by atoms with Crippen molar-refractivity contribution in [3.63, 3.8) is 0 Å². The fourth-order valence-corrected chi connectivity index (χ4v) is 10.7. The third-order valence-electron chi connectivity index (χ3n) is 5.58. The van der Waals surface area contributed by atoms with E-state index in [1.165, 1.54) is 16.3 Å². The molecule has 2 aliphatic heterocycles. The minimum absolute atomic E-state index is 0.489. The minimum Gasteiger partial charge on any atom is -0.219 e. The molecule has 0 aliphatic carbocycles. The molecule has 132 valence electrons. The zero-order valence-corrected chi connectivity index (χ0v) is 18.0. The van der Waals surface area contributed by atoms with Gasteiger partial charge in [0, 0.05) is 0 Å². The lowest BCUT2D eigenvalue weighted by atomic mass is 10.0. The van der Waals surface area contributed by atoms with Crippen LogP contribution >= 0.6 is 0 Å². The van der Waals surface area contributed by atoms with E-state index in [-0.39, 0.29) is 0 Å². The highest BCUT2D eigenvalue weighted by Crippen LogP contribution is 2.27. The van der Waals surface area contributed by atoms with E-state index >= 15 is 0 Å². The lowest BCUT2D eigenvalue weighted by molar-refractivity contribution is 0.597. The highest BCUT2D eigenvalue weighted by atomic mass is 32.2. The summed E-state index contributed by atoms with van der Waals surface area (Å²) >= 11 is 0. The number of hydrogen-bond donors (Lipinski definition) is 0. The number of hydrogen-bond acceptors (Lipinski definition) is 2. The molecule has 0 fully saturated rings. The SMILES string of the molecule is C[Si]1C=Cc2ccc(-c3ccc4c(c3)[Si](C)c3ccccc3S4(=O)=O)cc21. The second-order valence-corrected chi connectivity index (χ2v) is 13.6. The van der Waals surface area contributed by atoms with Gasteiger partial charge in [0.25, 0.3) is 0 Å². The first-order valence-corrected chi connectivity index (χ1v) is 14.5. The van der Waals surface area contributed by atoms with E-state index in [0.717, 1.165) is 15.9 Å². The Morgan fingerprint density at radius 2 is 1.41 bits per heavy atom. The molecule has 3 aromatic carbocycles. The van der Waals surface area contributed by atoms with E-state index in [9.17, 15) is 8.42 Å². The highest BCUT2D eigenvalue weighted by molar-refractivity contribution is 7.92. The van der Waals surface area contributed by atoms with Crippen molar-refractivity contribution in [2.45, 2.75) is 22.9 Å². The van der Waals surface area contributed by atoms with Gasteiger partial charge in [-0.05, 0) is 44.4 Å². The molecular formula is C22H18O2SSi2. The van der Waals surface area contributed by atoms with Crippen LogP contribution in [0.1, 0.15) is 5.56 Å². The zero-order chi connectivity index (χ0) is 18.8. The van der Waals surface area contributed by atoms with Crippen molar-refractivity contribution in [1.29, 1.82) is 0 Å². The van der Waals surface area contributed by atoms with Gasteiger partial charge in [0.05, 0.1) is 9.79 Å². The lowest BCUT2D eigenvalue weighted by Crippen LogP contribution is -2.48. The summed E-state index contributed by atoms with van der Waals surface area (Å²) in [5, 5.41) is 3.43. The van der Waals surface area contributed by atoms with E-state index in [0.29, 0.717) is 9.79 Å². The Balaban J connectivity index is 1.67. The monoisotopic (exact) mass is 402 g/mol. The zero-order valence-electron chi connectivity index (χ0n) is 15.2. The van der Waals surface area contributed by atoms with E-state index in [1.54, 1.807) is 6.07 Å². The minimum atomic E-state index is -3.43. The van der Waals surface area contributed by atoms with Crippen molar-refractivity contribution >= 4 is 49.1 Å². The molecule has 0 saturated carbocycles. The number of benzene rings is 3. The Morgan fingerprint density at radius 1 is 0.741 bits per heavy atom. The topological polar surface area (TPSA) is 34.1 Å². The molecule has 5 rings (SSSR count). The summed E-state index contributed by atoms with van der Waals surface area (Å²) in [5.74, 6) is 0. The van der Waals surface area contributed by atoms with Gasteiger partial charge in [-0.3, -0.25) is 0 Å². The van der Waals surface area contributed by atoms with Crippen LogP contribution < -0.4 is 15.6 Å². The lowest BCUT2D eigenvalue weighted by Gasteiger charge is -2.25. The van der Waals surface area contributed by atoms with E-state index < -0.39 is 27.4 Å². The molecule has 0 bridgehead atoms. The summed E-state index contributed by atoms with van der Waals surface area (Å²) in [6, 6.07) is 20.0. The maximum absolute atomic E-state index is 13.1. The normalized spacial score (nSPS) is 17.4. The van der Waals surface area contributed by atoms with Crippen LogP contribution in [0.4, 0.5) is 0 Å². The van der Waals surface area contributed by atoms with Crippen LogP contribution in [0.15, 0.2) is 76.2 Å². The molecule has 0 N–H and O–H groups in total. The summed E-state index contributed by atoms with van der Waals surface area (Å²) < 4.78 is 26.2. The van der Waals surface area contributed by atoms with Gasteiger partial charge in [-0.15, -0.1) is 0 Å². The van der Waals surface area contributed by atoms with Crippen molar-refractivity contribution in [1.82, 2.24) is 0 Å². The average Bonchev–Trinajstić information content (AvgIpc) is 3.06. The van der Waals surface area contributed by atoms with E-state index in [2.05, 4.69) is 49.1 Å². The molecule has 0 amide bonds. The Morgan fingerprint density at radius 3 is 2.22 bits per heavy atom. The first kappa shape index (κ1) is 16.9. The second-order valence-electron chi connectivity index (χ2n) is 7.15. The summed E-state index contributed by atoms with van der Waals surface area (Å²) in [5.41, 5.74) is 5.93. The Kier molecular flexibility index (Phi) is 3.69. The third kappa shape index (κ3) is 2.46. The predicted octanol–water partition coefficient (Wildman–Crippen LogP) is 2.64. The Bertz CT molecular complexity index is 1230. The number of fused-ring (bicyclic) bond motifs is 3. The van der Waals surface area contributed by atoms with Gasteiger partial charge in [-0.25, -0.2) is 8.42 Å². The first-order valence-electron chi connectivity index (χ1n) is 8.96. The molecule has 27 heavy (non-hydrogen) atoms. The van der Waals surface area contributed by atoms with Crippen molar-refractivity contribution in [2.24, 2.45) is 0 Å². The van der Waals surface area contributed by atoms with Gasteiger partial charge >= 0.3 is 0 Å². The van der Waals surface area contributed by atoms with Gasteiger partial charge in [-0.1, -0.05) is 73.4 Å². The molecular weight excluding hydrogens is 384 g/mol. The molecule has 2 aliphatic rings. The predicted molar refractivity (Wildman–Crippen MR) is 115 cm³/mol. The molecule has 0 spiro atoms.